The molecule has 1 heterocycles. The number of azo groups is 1. The van der Waals surface area contributed by atoms with E-state index in [1.54, 1.807) is 6.07 Å². The van der Waals surface area contributed by atoms with Gasteiger partial charge in [0.25, 0.3) is 5.13 Å². The Morgan fingerprint density at radius 1 is 1.18 bits per heavy atom. The van der Waals surface area contributed by atoms with Gasteiger partial charge in [0.1, 0.15) is 10.7 Å². The zero-order valence-corrected chi connectivity index (χ0v) is 18.1. The minimum Gasteiger partial charge on any atom is -0.372 e. The first-order valence-electron chi connectivity index (χ1n) is 9.60. The molecular formula is C18H26N6O2S2. The van der Waals surface area contributed by atoms with E-state index in [-0.39, 0.29) is 5.75 Å². The van der Waals surface area contributed by atoms with Crippen LogP contribution in [0, 0.1) is 0 Å². The summed E-state index contributed by atoms with van der Waals surface area (Å²) in [6.07, 6.45) is 2.85. The Balaban J connectivity index is 1.89. The van der Waals surface area contributed by atoms with Gasteiger partial charge >= 0.3 is 0 Å². The highest BCUT2D eigenvalue weighted by atomic mass is 32.2. The van der Waals surface area contributed by atoms with Crippen LogP contribution in [0.15, 0.2) is 28.4 Å². The second-order valence-corrected chi connectivity index (χ2v) is 9.52. The molecule has 1 fully saturated rings. The van der Waals surface area contributed by atoms with Gasteiger partial charge in [-0.3, -0.25) is 4.72 Å². The number of hydrogen-bond donors (Lipinski definition) is 1. The minimum absolute atomic E-state index is 0.0558. The molecule has 1 aliphatic carbocycles. The lowest BCUT2D eigenvalue weighted by Crippen LogP contribution is -2.22. The number of rotatable bonds is 10. The molecule has 1 N–H and O–H groups in total. The molecule has 0 saturated heterocycles. The molecule has 0 radical (unpaired) electrons. The van der Waals surface area contributed by atoms with E-state index in [1.165, 1.54) is 11.3 Å². The summed E-state index contributed by atoms with van der Waals surface area (Å²) < 4.78 is 27.3. The second-order valence-electron chi connectivity index (χ2n) is 6.69. The van der Waals surface area contributed by atoms with Crippen molar-refractivity contribution in [3.05, 3.63) is 23.2 Å². The predicted molar refractivity (Wildman–Crippen MR) is 114 cm³/mol. The SMILES string of the molecule is CCCS(=O)(=O)Nc1cc(N(CC)CC)ccc1N=Nc1nnc(C2CC2)s1. The van der Waals surface area contributed by atoms with Gasteiger partial charge in [-0.05, 0) is 51.3 Å². The van der Waals surface area contributed by atoms with Gasteiger partial charge in [-0.25, -0.2) is 8.42 Å². The van der Waals surface area contributed by atoms with Crippen LogP contribution >= 0.6 is 11.3 Å². The monoisotopic (exact) mass is 422 g/mol. The number of aromatic nitrogens is 2. The highest BCUT2D eigenvalue weighted by molar-refractivity contribution is 7.92. The van der Waals surface area contributed by atoms with Crippen molar-refractivity contribution in [2.45, 2.75) is 46.0 Å². The fourth-order valence-corrected chi connectivity index (χ4v) is 4.80. The third kappa shape index (κ3) is 5.26. The van der Waals surface area contributed by atoms with Crippen molar-refractivity contribution in [3.63, 3.8) is 0 Å². The fourth-order valence-electron chi connectivity index (χ4n) is 2.82. The van der Waals surface area contributed by atoms with E-state index in [2.05, 4.69) is 43.9 Å². The van der Waals surface area contributed by atoms with Crippen LogP contribution in [0.3, 0.4) is 0 Å². The van der Waals surface area contributed by atoms with E-state index in [1.807, 2.05) is 19.1 Å². The standard InChI is InChI=1S/C18H26N6O2S2/c1-4-11-28(25,26)23-16-12-14(24(5-2)6-3)9-10-15(16)19-21-18-22-20-17(27-18)13-7-8-13/h9-10,12-13,23H,4-8,11H2,1-3H3. The lowest BCUT2D eigenvalue weighted by Gasteiger charge is -2.22. The summed E-state index contributed by atoms with van der Waals surface area (Å²) in [7, 11) is -3.44. The summed E-state index contributed by atoms with van der Waals surface area (Å²) >= 11 is 1.44. The Hall–Kier alpha value is -2.07. The Morgan fingerprint density at radius 3 is 2.57 bits per heavy atom. The Kier molecular flexibility index (Phi) is 6.61. The molecule has 1 aromatic carbocycles. The summed E-state index contributed by atoms with van der Waals surface area (Å²) in [4.78, 5) is 2.14. The normalized spacial score (nSPS) is 14.5. The Morgan fingerprint density at radius 2 is 1.93 bits per heavy atom. The summed E-state index contributed by atoms with van der Waals surface area (Å²) in [5, 5.41) is 18.1. The largest absolute Gasteiger partial charge is 0.372 e. The second kappa shape index (κ2) is 8.95. The van der Waals surface area contributed by atoms with Gasteiger partial charge in [-0.2, -0.15) is 0 Å². The van der Waals surface area contributed by atoms with Gasteiger partial charge in [-0.1, -0.05) is 18.3 Å². The zero-order chi connectivity index (χ0) is 20.1. The molecule has 0 amide bonds. The van der Waals surface area contributed by atoms with Gasteiger partial charge in [-0.15, -0.1) is 20.4 Å². The van der Waals surface area contributed by atoms with Crippen LogP contribution in [0.4, 0.5) is 22.2 Å². The minimum atomic E-state index is -3.44. The topological polar surface area (TPSA) is 99.9 Å². The maximum Gasteiger partial charge on any atom is 0.251 e. The predicted octanol–water partition coefficient (Wildman–Crippen LogP) is 4.83. The fraction of sp³-hybridized carbons (Fsp3) is 0.556. The molecule has 1 saturated carbocycles. The number of nitrogens with one attached hydrogen (secondary N) is 1. The first-order valence-corrected chi connectivity index (χ1v) is 12.1. The van der Waals surface area contributed by atoms with E-state index < -0.39 is 10.0 Å². The average Bonchev–Trinajstić information content (AvgIpc) is 3.40. The van der Waals surface area contributed by atoms with Crippen LogP contribution in [0.5, 0.6) is 0 Å². The Bertz CT molecular complexity index is 933. The molecule has 1 aromatic heterocycles. The molecular weight excluding hydrogens is 396 g/mol. The first-order chi connectivity index (χ1) is 13.5. The molecule has 8 nitrogen and oxygen atoms in total. The van der Waals surface area contributed by atoms with Crippen LogP contribution < -0.4 is 9.62 Å². The number of anilines is 2. The van der Waals surface area contributed by atoms with Gasteiger partial charge in [0.05, 0.1) is 11.4 Å². The third-order valence-corrected chi connectivity index (χ3v) is 6.89. The molecule has 2 aromatic rings. The van der Waals surface area contributed by atoms with Gasteiger partial charge in [0.15, 0.2) is 0 Å². The van der Waals surface area contributed by atoms with Crippen molar-refractivity contribution < 1.29 is 8.42 Å². The van der Waals surface area contributed by atoms with Crippen LogP contribution in [-0.2, 0) is 10.0 Å². The molecule has 0 aliphatic heterocycles. The maximum absolute atomic E-state index is 12.3. The lowest BCUT2D eigenvalue weighted by atomic mass is 10.2. The highest BCUT2D eigenvalue weighted by Crippen LogP contribution is 2.42. The molecule has 152 valence electrons. The lowest BCUT2D eigenvalue weighted by molar-refractivity contribution is 0.600. The first kappa shape index (κ1) is 20.7. The van der Waals surface area contributed by atoms with Crippen LogP contribution in [0.1, 0.15) is 51.0 Å². The van der Waals surface area contributed by atoms with E-state index >= 15 is 0 Å². The smallest absolute Gasteiger partial charge is 0.251 e. The number of hydrogen-bond acceptors (Lipinski definition) is 8. The van der Waals surface area contributed by atoms with Crippen molar-refractivity contribution in [2.24, 2.45) is 10.2 Å². The quantitative estimate of drug-likeness (QED) is 0.553. The highest BCUT2D eigenvalue weighted by Gasteiger charge is 2.27. The van der Waals surface area contributed by atoms with Gasteiger partial charge in [0, 0.05) is 24.7 Å². The molecule has 3 rings (SSSR count). The van der Waals surface area contributed by atoms with Gasteiger partial charge < -0.3 is 4.90 Å². The van der Waals surface area contributed by atoms with Crippen LogP contribution in [0.2, 0.25) is 0 Å². The third-order valence-electron chi connectivity index (χ3n) is 4.45. The number of benzene rings is 1. The molecule has 1 aliphatic rings. The van der Waals surface area contributed by atoms with Crippen molar-refractivity contribution in [2.75, 3.05) is 28.5 Å². The van der Waals surface area contributed by atoms with Crippen molar-refractivity contribution >= 4 is 43.6 Å². The molecule has 28 heavy (non-hydrogen) atoms. The average molecular weight is 423 g/mol. The van der Waals surface area contributed by atoms with Crippen LogP contribution in [-0.4, -0.2) is 37.5 Å². The van der Waals surface area contributed by atoms with E-state index in [9.17, 15) is 8.42 Å². The molecule has 0 unspecified atom stereocenters. The summed E-state index contributed by atoms with van der Waals surface area (Å²) in [5.74, 6) is 0.575. The number of sulfonamides is 1. The van der Waals surface area contributed by atoms with Crippen molar-refractivity contribution in [3.8, 4) is 0 Å². The van der Waals surface area contributed by atoms with E-state index in [0.717, 1.165) is 36.6 Å². The number of nitrogens with zero attached hydrogens (tertiary/aromatic N) is 5. The van der Waals surface area contributed by atoms with E-state index in [0.29, 0.717) is 28.8 Å². The Labute approximate surface area is 170 Å². The summed E-state index contributed by atoms with van der Waals surface area (Å²) in [5.41, 5.74) is 1.82. The molecule has 0 bridgehead atoms. The molecule has 10 heteroatoms. The van der Waals surface area contributed by atoms with Gasteiger partial charge in [0.2, 0.25) is 10.0 Å². The molecule has 0 spiro atoms. The molecule has 0 atom stereocenters. The zero-order valence-electron chi connectivity index (χ0n) is 16.4. The van der Waals surface area contributed by atoms with Crippen molar-refractivity contribution in [1.29, 1.82) is 0 Å². The maximum atomic E-state index is 12.3. The van der Waals surface area contributed by atoms with E-state index in [4.69, 9.17) is 0 Å². The summed E-state index contributed by atoms with van der Waals surface area (Å²) in [6.45, 7) is 7.61. The summed E-state index contributed by atoms with van der Waals surface area (Å²) in [6, 6.07) is 5.52. The van der Waals surface area contributed by atoms with Crippen LogP contribution in [0.25, 0.3) is 0 Å². The van der Waals surface area contributed by atoms with Crippen molar-refractivity contribution in [1.82, 2.24) is 10.2 Å².